The standard InChI is InChI=1S/2C53H35N3/c2*1-5-14-36(15-6-1)44-32-33-48-47(34-44)51-45(22-13-23-46(51)52(54-48)42-18-9-3-10-19-42)39-28-24-37(25-29-39)38-26-30-41(31-27-38)50-35-49(40-16-7-2-8-17-40)55-53(56-50)43-20-11-4-12-21-43/h2*1-35H. The highest BCUT2D eigenvalue weighted by molar-refractivity contribution is 6.19. The summed E-state index contributed by atoms with van der Waals surface area (Å²) in [5, 5.41) is 6.99. The second-order valence-electron chi connectivity index (χ2n) is 28.0. The number of fused-ring (bicyclic) bond motifs is 6. The molecule has 0 saturated carbocycles. The Morgan fingerprint density at radius 3 is 0.670 bits per heavy atom. The molecule has 0 atom stereocenters. The molecule has 112 heavy (non-hydrogen) atoms. The Hall–Kier alpha value is -15.0. The van der Waals surface area contributed by atoms with Gasteiger partial charge in [0.25, 0.3) is 0 Å². The van der Waals surface area contributed by atoms with Gasteiger partial charge in [0.1, 0.15) is 0 Å². The van der Waals surface area contributed by atoms with E-state index in [1.165, 1.54) is 44.2 Å². The van der Waals surface area contributed by atoms with Gasteiger partial charge in [-0.1, -0.05) is 388 Å². The Morgan fingerprint density at radius 2 is 0.366 bits per heavy atom. The van der Waals surface area contributed by atoms with Crippen LogP contribution in [0.15, 0.2) is 425 Å². The highest BCUT2D eigenvalue weighted by atomic mass is 14.9. The van der Waals surface area contributed by atoms with Crippen LogP contribution in [0.5, 0.6) is 0 Å². The van der Waals surface area contributed by atoms with Gasteiger partial charge in [0.2, 0.25) is 0 Å². The number of hydrogen-bond acceptors (Lipinski definition) is 6. The lowest BCUT2D eigenvalue weighted by Gasteiger charge is -2.15. The smallest absolute Gasteiger partial charge is 0.160 e. The quantitative estimate of drug-likeness (QED) is 0.101. The molecule has 16 aromatic carbocycles. The molecule has 20 rings (SSSR count). The van der Waals surface area contributed by atoms with Gasteiger partial charge in [-0.25, -0.2) is 29.9 Å². The van der Waals surface area contributed by atoms with Crippen molar-refractivity contribution in [3.05, 3.63) is 425 Å². The van der Waals surface area contributed by atoms with Crippen LogP contribution in [0, 0.1) is 0 Å². The van der Waals surface area contributed by atoms with Crippen LogP contribution in [-0.2, 0) is 0 Å². The second-order valence-corrected chi connectivity index (χ2v) is 28.0. The zero-order valence-corrected chi connectivity index (χ0v) is 61.1. The van der Waals surface area contributed by atoms with Crippen molar-refractivity contribution in [2.45, 2.75) is 0 Å². The molecule has 6 nitrogen and oxygen atoms in total. The molecule has 0 amide bonds. The van der Waals surface area contributed by atoms with Gasteiger partial charge in [0.15, 0.2) is 11.6 Å². The zero-order valence-electron chi connectivity index (χ0n) is 61.1. The molecule has 0 aliphatic rings. The van der Waals surface area contributed by atoms with Crippen LogP contribution >= 0.6 is 0 Å². The minimum absolute atomic E-state index is 0.714. The average Bonchev–Trinajstić information content (AvgIpc) is 0.746. The first-order chi connectivity index (χ1) is 55.5. The van der Waals surface area contributed by atoms with Crippen LogP contribution in [0.1, 0.15) is 0 Å². The minimum Gasteiger partial charge on any atom is -0.247 e. The molecule has 524 valence electrons. The van der Waals surface area contributed by atoms with Crippen molar-refractivity contribution < 1.29 is 0 Å². The third-order valence-electron chi connectivity index (χ3n) is 21.0. The van der Waals surface area contributed by atoms with Crippen molar-refractivity contribution in [1.29, 1.82) is 0 Å². The number of nitrogens with zero attached hydrogens (tertiary/aromatic N) is 6. The summed E-state index contributed by atoms with van der Waals surface area (Å²) in [6, 6.07) is 149. The van der Waals surface area contributed by atoms with E-state index in [0.29, 0.717) is 11.6 Å². The number of aromatic nitrogens is 6. The SMILES string of the molecule is c1ccc(-c2ccc3nc(-c4ccccc4)c4cccc(-c5ccc(-c6ccc(-c7cc(-c8ccccc8)nc(-c8ccccc8)n7)cc6)cc5)c4c3c2)cc1.c1ccc(-c2ccc3nc(-c4ccccc4)c4cccc(-c5ccc(-c6ccc(-c7cc(-c8ccccc8)nc(-c8ccccc8)n7)cc6)cc5)c4c3c2)cc1. The summed E-state index contributed by atoms with van der Waals surface area (Å²) in [6.07, 6.45) is 0. The van der Waals surface area contributed by atoms with Crippen LogP contribution in [-0.4, -0.2) is 29.9 Å². The number of rotatable bonds is 14. The summed E-state index contributed by atoms with van der Waals surface area (Å²) in [7, 11) is 0. The predicted molar refractivity (Wildman–Crippen MR) is 466 cm³/mol. The van der Waals surface area contributed by atoms with Crippen molar-refractivity contribution >= 4 is 43.4 Å². The number of pyridine rings is 2. The van der Waals surface area contributed by atoms with Gasteiger partial charge in [-0.3, -0.25) is 0 Å². The fourth-order valence-corrected chi connectivity index (χ4v) is 15.3. The van der Waals surface area contributed by atoms with E-state index in [4.69, 9.17) is 29.9 Å². The third kappa shape index (κ3) is 13.8. The van der Waals surface area contributed by atoms with Gasteiger partial charge >= 0.3 is 0 Å². The first kappa shape index (κ1) is 67.6. The minimum atomic E-state index is 0.714. The maximum atomic E-state index is 5.26. The topological polar surface area (TPSA) is 77.3 Å². The van der Waals surface area contributed by atoms with E-state index in [9.17, 15) is 0 Å². The fraction of sp³-hybridized carbons (Fsp3) is 0. The van der Waals surface area contributed by atoms with E-state index in [-0.39, 0.29) is 0 Å². The lowest BCUT2D eigenvalue weighted by Crippen LogP contribution is -1.95. The molecule has 0 saturated heterocycles. The van der Waals surface area contributed by atoms with Gasteiger partial charge in [-0.05, 0) is 103 Å². The summed E-state index contributed by atoms with van der Waals surface area (Å²) < 4.78 is 0. The number of hydrogen-bond donors (Lipinski definition) is 0. The van der Waals surface area contributed by atoms with Crippen molar-refractivity contribution in [2.75, 3.05) is 0 Å². The normalized spacial score (nSPS) is 11.2. The van der Waals surface area contributed by atoms with E-state index < -0.39 is 0 Å². The van der Waals surface area contributed by atoms with E-state index in [0.717, 1.165) is 145 Å². The zero-order chi connectivity index (χ0) is 74.5. The van der Waals surface area contributed by atoms with E-state index in [2.05, 4.69) is 352 Å². The van der Waals surface area contributed by atoms with Gasteiger partial charge in [0, 0.05) is 76.8 Å². The Bertz CT molecular complexity index is 6220. The molecule has 0 bridgehead atoms. The highest BCUT2D eigenvalue weighted by Gasteiger charge is 2.20. The summed E-state index contributed by atoms with van der Waals surface area (Å²) in [4.78, 5) is 30.5. The van der Waals surface area contributed by atoms with Crippen molar-refractivity contribution in [3.63, 3.8) is 0 Å². The van der Waals surface area contributed by atoms with Crippen LogP contribution in [0.4, 0.5) is 0 Å². The Labute approximate surface area is 650 Å². The largest absolute Gasteiger partial charge is 0.247 e. The van der Waals surface area contributed by atoms with Gasteiger partial charge in [0.05, 0.1) is 45.2 Å². The van der Waals surface area contributed by atoms with Crippen LogP contribution in [0.3, 0.4) is 0 Å². The molecule has 0 spiro atoms. The molecule has 0 N–H and O–H groups in total. The Balaban J connectivity index is 0.000000151. The molecule has 4 aromatic heterocycles. The van der Waals surface area contributed by atoms with E-state index in [1.807, 2.05) is 72.8 Å². The summed E-state index contributed by atoms with van der Waals surface area (Å²) >= 11 is 0. The monoisotopic (exact) mass is 1430 g/mol. The summed E-state index contributed by atoms with van der Waals surface area (Å²) in [6.45, 7) is 0. The average molecular weight is 1430 g/mol. The Morgan fingerprint density at radius 1 is 0.134 bits per heavy atom. The Kier molecular flexibility index (Phi) is 18.3. The molecular weight excluding hydrogens is 1360 g/mol. The lowest BCUT2D eigenvalue weighted by atomic mass is 9.91. The number of benzene rings is 16. The first-order valence-corrected chi connectivity index (χ1v) is 37.9. The van der Waals surface area contributed by atoms with Crippen LogP contribution < -0.4 is 0 Å². The van der Waals surface area contributed by atoms with Crippen LogP contribution in [0.2, 0.25) is 0 Å². The molecule has 0 radical (unpaired) electrons. The second kappa shape index (κ2) is 30.3. The fourth-order valence-electron chi connectivity index (χ4n) is 15.3. The predicted octanol–water partition coefficient (Wildman–Crippen LogP) is 27.7. The molecule has 0 unspecified atom stereocenters. The van der Waals surface area contributed by atoms with Crippen LogP contribution in [0.25, 0.3) is 200 Å². The summed E-state index contributed by atoms with van der Waals surface area (Å²) in [5.41, 5.74) is 30.0. The van der Waals surface area contributed by atoms with Gasteiger partial charge in [-0.2, -0.15) is 0 Å². The maximum Gasteiger partial charge on any atom is 0.160 e. The van der Waals surface area contributed by atoms with E-state index in [1.54, 1.807) is 0 Å². The molecule has 0 aliphatic carbocycles. The molecular formula is C106H70N6. The van der Waals surface area contributed by atoms with Crippen molar-refractivity contribution in [2.24, 2.45) is 0 Å². The van der Waals surface area contributed by atoms with Crippen molar-refractivity contribution in [3.8, 4) is 157 Å². The molecule has 6 heteroatoms. The molecule has 4 heterocycles. The molecule has 20 aromatic rings. The first-order valence-electron chi connectivity index (χ1n) is 37.9. The summed E-state index contributed by atoms with van der Waals surface area (Å²) in [5.74, 6) is 1.43. The van der Waals surface area contributed by atoms with Gasteiger partial charge in [-0.15, -0.1) is 0 Å². The highest BCUT2D eigenvalue weighted by Crippen LogP contribution is 2.44. The van der Waals surface area contributed by atoms with Gasteiger partial charge < -0.3 is 0 Å². The van der Waals surface area contributed by atoms with E-state index >= 15 is 0 Å². The third-order valence-corrected chi connectivity index (χ3v) is 21.0. The molecule has 0 fully saturated rings. The van der Waals surface area contributed by atoms with Crippen molar-refractivity contribution in [1.82, 2.24) is 29.9 Å². The maximum absolute atomic E-state index is 5.26. The lowest BCUT2D eigenvalue weighted by molar-refractivity contribution is 1.18. The molecule has 0 aliphatic heterocycles.